The predicted octanol–water partition coefficient (Wildman–Crippen LogP) is 4.52. The van der Waals surface area contributed by atoms with Gasteiger partial charge in [-0.3, -0.25) is 0 Å². The summed E-state index contributed by atoms with van der Waals surface area (Å²) in [6.45, 7) is 4.14. The summed E-state index contributed by atoms with van der Waals surface area (Å²) in [5.74, 6) is -0.623. The third-order valence-electron chi connectivity index (χ3n) is 4.26. The number of carbonyl (C=O) groups is 1. The normalized spacial score (nSPS) is 10.8. The van der Waals surface area contributed by atoms with E-state index in [2.05, 4.69) is 38.1 Å². The molecule has 1 aromatic heterocycles. The molecule has 2 aromatic carbocycles. The molecule has 3 aromatic rings. The van der Waals surface area contributed by atoms with Crippen LogP contribution in [0.5, 0.6) is 0 Å². The minimum atomic E-state index is -0.837. The molecule has 0 spiro atoms. The fourth-order valence-corrected chi connectivity index (χ4v) is 3.08. The summed E-state index contributed by atoms with van der Waals surface area (Å²) in [6, 6.07) is 24.3. The fourth-order valence-electron chi connectivity index (χ4n) is 3.08. The van der Waals surface area contributed by atoms with Gasteiger partial charge >= 0.3 is 5.97 Å². The van der Waals surface area contributed by atoms with Gasteiger partial charge in [-0.1, -0.05) is 62.4 Å². The topological polar surface area (TPSA) is 41.2 Å². The van der Waals surface area contributed by atoms with Gasteiger partial charge < -0.3 is 5.11 Å². The van der Waals surface area contributed by atoms with Gasteiger partial charge in [0.05, 0.1) is 0 Å². The van der Waals surface area contributed by atoms with Gasteiger partial charge in [-0.15, -0.1) is 0 Å². The van der Waals surface area contributed by atoms with Crippen LogP contribution in [-0.2, 0) is 11.3 Å². The number of benzene rings is 2. The lowest BCUT2D eigenvalue weighted by Gasteiger charge is -2.13. The van der Waals surface area contributed by atoms with Gasteiger partial charge in [0.15, 0.2) is 5.69 Å². The Kier molecular flexibility index (Phi) is 4.94. The molecule has 0 fully saturated rings. The lowest BCUT2D eigenvalue weighted by molar-refractivity contribution is -0.683. The van der Waals surface area contributed by atoms with Crippen LogP contribution in [0.15, 0.2) is 72.8 Å². The minimum Gasteiger partial charge on any atom is -0.477 e. The molecular weight excluding hydrogens is 310 g/mol. The van der Waals surface area contributed by atoms with Crippen LogP contribution in [-0.4, -0.2) is 11.1 Å². The van der Waals surface area contributed by atoms with E-state index in [9.17, 15) is 9.90 Å². The quantitative estimate of drug-likeness (QED) is 0.698. The number of pyridine rings is 1. The van der Waals surface area contributed by atoms with Crippen molar-refractivity contribution in [1.29, 1.82) is 0 Å². The van der Waals surface area contributed by atoms with Crippen LogP contribution in [0, 0.1) is 0 Å². The van der Waals surface area contributed by atoms with Crippen molar-refractivity contribution in [3.8, 4) is 22.4 Å². The van der Waals surface area contributed by atoms with Crippen LogP contribution in [0.25, 0.3) is 22.4 Å². The first-order valence-electron chi connectivity index (χ1n) is 8.46. The van der Waals surface area contributed by atoms with Crippen molar-refractivity contribution < 1.29 is 14.5 Å². The first-order valence-corrected chi connectivity index (χ1v) is 8.46. The Balaban J connectivity index is 2.28. The third kappa shape index (κ3) is 3.77. The molecule has 126 valence electrons. The lowest BCUT2D eigenvalue weighted by atomic mass is 9.98. The van der Waals surface area contributed by atoms with Crippen molar-refractivity contribution in [1.82, 2.24) is 0 Å². The second kappa shape index (κ2) is 7.31. The van der Waals surface area contributed by atoms with Crippen molar-refractivity contribution in [3.05, 3.63) is 78.5 Å². The first kappa shape index (κ1) is 16.9. The Morgan fingerprint density at radius 1 is 0.880 bits per heavy atom. The molecule has 25 heavy (non-hydrogen) atoms. The Morgan fingerprint density at radius 2 is 1.44 bits per heavy atom. The number of carboxylic acid groups (broad SMARTS) is 1. The summed E-state index contributed by atoms with van der Waals surface area (Å²) in [5.41, 5.74) is 5.19. The van der Waals surface area contributed by atoms with Gasteiger partial charge in [-0.05, 0) is 23.3 Å². The van der Waals surface area contributed by atoms with Crippen molar-refractivity contribution >= 4 is 5.97 Å². The summed E-state index contributed by atoms with van der Waals surface area (Å²) < 4.78 is 1.91. The van der Waals surface area contributed by atoms with Gasteiger partial charge in [0.25, 0.3) is 0 Å². The molecule has 0 radical (unpaired) electrons. The van der Waals surface area contributed by atoms with Crippen molar-refractivity contribution in [3.63, 3.8) is 0 Å². The van der Waals surface area contributed by atoms with Gasteiger partial charge in [-0.25, -0.2) is 4.79 Å². The van der Waals surface area contributed by atoms with Crippen LogP contribution < -0.4 is 4.57 Å². The maximum absolute atomic E-state index is 11.5. The molecular formula is C22H22NO2+. The van der Waals surface area contributed by atoms with E-state index in [0.29, 0.717) is 0 Å². The van der Waals surface area contributed by atoms with Crippen LogP contribution in [0.1, 0.15) is 25.5 Å². The second-order valence-corrected chi connectivity index (χ2v) is 6.42. The fraction of sp³-hybridized carbons (Fsp3) is 0.182. The average molecular weight is 332 g/mol. The molecule has 0 aliphatic rings. The first-order chi connectivity index (χ1) is 12.1. The summed E-state index contributed by atoms with van der Waals surface area (Å²) in [7, 11) is 0. The van der Waals surface area contributed by atoms with Crippen LogP contribution in [0.4, 0.5) is 0 Å². The highest BCUT2D eigenvalue weighted by molar-refractivity contribution is 5.70. The van der Waals surface area contributed by atoms with Crippen LogP contribution >= 0.6 is 0 Å². The number of aromatic nitrogens is 1. The number of carboxylic acids is 1. The highest BCUT2D eigenvalue weighted by Gasteiger charge is 2.25. The Morgan fingerprint density at radius 3 is 1.96 bits per heavy atom. The van der Waals surface area contributed by atoms with Crippen molar-refractivity contribution in [2.24, 2.45) is 0 Å². The van der Waals surface area contributed by atoms with Gasteiger partial charge in [0.2, 0.25) is 12.2 Å². The molecule has 0 amide bonds. The zero-order valence-electron chi connectivity index (χ0n) is 14.5. The molecule has 0 aliphatic heterocycles. The Hall–Kier alpha value is -2.94. The number of hydrogen-bond donors (Lipinski definition) is 1. The molecule has 3 rings (SSSR count). The Labute approximate surface area is 148 Å². The molecule has 1 heterocycles. The molecule has 0 saturated heterocycles. The Bertz CT molecular complexity index is 871. The molecule has 0 atom stereocenters. The minimum absolute atomic E-state index is 0.0488. The molecule has 0 bridgehead atoms. The number of nitrogens with zero attached hydrogens (tertiary/aromatic N) is 1. The molecule has 3 heteroatoms. The van der Waals surface area contributed by atoms with E-state index in [1.165, 1.54) is 0 Å². The van der Waals surface area contributed by atoms with Crippen molar-refractivity contribution in [2.75, 3.05) is 0 Å². The maximum atomic E-state index is 11.5. The third-order valence-corrected chi connectivity index (χ3v) is 4.26. The number of hydrogen-bond acceptors (Lipinski definition) is 1. The molecule has 3 nitrogen and oxygen atoms in total. The van der Waals surface area contributed by atoms with E-state index in [1.807, 2.05) is 53.1 Å². The molecule has 0 unspecified atom stereocenters. The van der Waals surface area contributed by atoms with Gasteiger partial charge in [0.1, 0.15) is 0 Å². The number of rotatable bonds is 5. The predicted molar refractivity (Wildman–Crippen MR) is 99.2 cm³/mol. The summed E-state index contributed by atoms with van der Waals surface area (Å²) in [4.78, 5) is 11.5. The van der Waals surface area contributed by atoms with E-state index in [4.69, 9.17) is 0 Å². The van der Waals surface area contributed by atoms with Gasteiger partial charge in [-0.2, -0.15) is 4.57 Å². The maximum Gasteiger partial charge on any atom is 0.370 e. The van der Waals surface area contributed by atoms with E-state index in [-0.39, 0.29) is 12.5 Å². The molecule has 1 N–H and O–H groups in total. The van der Waals surface area contributed by atoms with Crippen molar-refractivity contribution in [2.45, 2.75) is 26.3 Å². The second-order valence-electron chi connectivity index (χ2n) is 6.42. The smallest absolute Gasteiger partial charge is 0.370 e. The summed E-state index contributed by atoms with van der Waals surface area (Å²) in [5, 5.41) is 9.41. The van der Waals surface area contributed by atoms with E-state index in [1.54, 1.807) is 0 Å². The molecule has 0 saturated carbocycles. The highest BCUT2D eigenvalue weighted by Crippen LogP contribution is 2.27. The lowest BCUT2D eigenvalue weighted by Crippen LogP contribution is -2.44. The standard InChI is InChI=1S/C22H21NO2/c1-16(2)20-13-19(17-9-5-3-6-10-17)14-21(23(20)15-22(24)25)18-11-7-4-8-12-18/h3-14,16H,15H2,1-2H3/p+1. The largest absolute Gasteiger partial charge is 0.477 e. The van der Waals surface area contributed by atoms with E-state index in [0.717, 1.165) is 28.1 Å². The highest BCUT2D eigenvalue weighted by atomic mass is 16.4. The SMILES string of the molecule is CC(C)c1cc(-c2ccccc2)cc(-c2ccccc2)[n+]1CC(=O)O. The summed E-state index contributed by atoms with van der Waals surface area (Å²) >= 11 is 0. The van der Waals surface area contributed by atoms with Crippen LogP contribution in [0.2, 0.25) is 0 Å². The number of aliphatic carboxylic acids is 1. The average Bonchev–Trinajstić information content (AvgIpc) is 2.62. The molecule has 0 aliphatic carbocycles. The van der Waals surface area contributed by atoms with Crippen LogP contribution in [0.3, 0.4) is 0 Å². The zero-order valence-corrected chi connectivity index (χ0v) is 14.5. The zero-order chi connectivity index (χ0) is 17.8. The summed E-state index contributed by atoms with van der Waals surface area (Å²) in [6.07, 6.45) is 0. The van der Waals surface area contributed by atoms with E-state index < -0.39 is 5.97 Å². The van der Waals surface area contributed by atoms with Gasteiger partial charge in [0, 0.05) is 23.6 Å². The van der Waals surface area contributed by atoms with E-state index >= 15 is 0 Å². The monoisotopic (exact) mass is 332 g/mol.